The normalized spacial score (nSPS) is 18.2. The predicted molar refractivity (Wildman–Crippen MR) is 94.4 cm³/mol. The molecule has 25 heavy (non-hydrogen) atoms. The molecule has 3 rings (SSSR count). The summed E-state index contributed by atoms with van der Waals surface area (Å²) in [5.74, 6) is -0.319. The summed E-state index contributed by atoms with van der Waals surface area (Å²) in [7, 11) is 0. The van der Waals surface area contributed by atoms with E-state index in [1.165, 1.54) is 6.07 Å². The Morgan fingerprint density at radius 2 is 1.92 bits per heavy atom. The summed E-state index contributed by atoms with van der Waals surface area (Å²) in [6.45, 7) is 0.825. The minimum Gasteiger partial charge on any atom is -0.388 e. The first kappa shape index (κ1) is 17.4. The second kappa shape index (κ2) is 8.12. The molecular weight excluding hydrogens is 319 g/mol. The Labute approximate surface area is 147 Å². The van der Waals surface area contributed by atoms with Gasteiger partial charge in [-0.25, -0.2) is 9.18 Å². The van der Waals surface area contributed by atoms with Crippen molar-refractivity contribution in [3.05, 3.63) is 71.5 Å². The maximum atomic E-state index is 13.7. The Morgan fingerprint density at radius 3 is 2.68 bits per heavy atom. The number of carbonyl (C=O) groups is 1. The highest BCUT2D eigenvalue weighted by Crippen LogP contribution is 2.27. The van der Waals surface area contributed by atoms with E-state index in [1.54, 1.807) is 23.1 Å². The van der Waals surface area contributed by atoms with Gasteiger partial charge in [-0.2, -0.15) is 0 Å². The van der Waals surface area contributed by atoms with E-state index in [0.717, 1.165) is 18.4 Å². The minimum absolute atomic E-state index is 0.00386. The number of aliphatic hydroxyl groups is 1. The number of nitrogens with zero attached hydrogens (tertiary/aromatic N) is 1. The van der Waals surface area contributed by atoms with Crippen molar-refractivity contribution in [3.63, 3.8) is 0 Å². The second-order valence-corrected chi connectivity index (χ2v) is 6.40. The van der Waals surface area contributed by atoms with E-state index >= 15 is 0 Å². The summed E-state index contributed by atoms with van der Waals surface area (Å²) < 4.78 is 13.7. The van der Waals surface area contributed by atoms with Crippen molar-refractivity contribution < 1.29 is 14.3 Å². The molecule has 2 N–H and O–H groups in total. The maximum Gasteiger partial charge on any atom is 0.317 e. The van der Waals surface area contributed by atoms with Crippen molar-refractivity contribution in [2.75, 3.05) is 6.54 Å². The molecule has 0 radical (unpaired) electrons. The van der Waals surface area contributed by atoms with Crippen molar-refractivity contribution in [1.82, 2.24) is 10.2 Å². The molecule has 2 unspecified atom stereocenters. The van der Waals surface area contributed by atoms with Crippen LogP contribution in [0.25, 0.3) is 0 Å². The average Bonchev–Trinajstić information content (AvgIpc) is 3.09. The highest BCUT2D eigenvalue weighted by Gasteiger charge is 2.30. The molecule has 4 nitrogen and oxygen atoms in total. The standard InChI is InChI=1S/C20H23FN2O2/c21-18-11-5-4-9-16(18)14-22-20(25)23-12-6-10-17(23)13-19(24)15-7-2-1-3-8-15/h1-5,7-9,11,17,19,24H,6,10,12-14H2,(H,22,25). The van der Waals surface area contributed by atoms with Crippen LogP contribution in [0.2, 0.25) is 0 Å². The summed E-state index contributed by atoms with van der Waals surface area (Å²) in [5, 5.41) is 13.2. The molecule has 2 aromatic carbocycles. The van der Waals surface area contributed by atoms with Crippen LogP contribution in [0.4, 0.5) is 9.18 Å². The molecule has 1 aliphatic heterocycles. The lowest BCUT2D eigenvalue weighted by molar-refractivity contribution is 0.126. The van der Waals surface area contributed by atoms with Crippen LogP contribution in [0.5, 0.6) is 0 Å². The lowest BCUT2D eigenvalue weighted by Gasteiger charge is -2.27. The first-order valence-corrected chi connectivity index (χ1v) is 8.66. The smallest absolute Gasteiger partial charge is 0.317 e. The summed E-state index contributed by atoms with van der Waals surface area (Å²) in [6.07, 6.45) is 1.71. The van der Waals surface area contributed by atoms with Crippen molar-refractivity contribution in [2.24, 2.45) is 0 Å². The van der Waals surface area contributed by atoms with Gasteiger partial charge in [0.1, 0.15) is 5.82 Å². The lowest BCUT2D eigenvalue weighted by atomic mass is 10.0. The summed E-state index contributed by atoms with van der Waals surface area (Å²) in [4.78, 5) is 14.2. The monoisotopic (exact) mass is 342 g/mol. The van der Waals surface area contributed by atoms with Crippen LogP contribution >= 0.6 is 0 Å². The summed E-state index contributed by atoms with van der Waals surface area (Å²) in [5.41, 5.74) is 1.33. The van der Waals surface area contributed by atoms with Gasteiger partial charge in [-0.3, -0.25) is 0 Å². The van der Waals surface area contributed by atoms with Crippen LogP contribution in [-0.4, -0.2) is 28.6 Å². The van der Waals surface area contributed by atoms with Crippen molar-refractivity contribution in [2.45, 2.75) is 38.0 Å². The zero-order valence-corrected chi connectivity index (χ0v) is 14.1. The third-order valence-electron chi connectivity index (χ3n) is 4.71. The van der Waals surface area contributed by atoms with Gasteiger partial charge in [0.15, 0.2) is 0 Å². The molecule has 1 saturated heterocycles. The number of nitrogens with one attached hydrogen (secondary N) is 1. The highest BCUT2D eigenvalue weighted by molar-refractivity contribution is 5.74. The third kappa shape index (κ3) is 4.37. The number of hydrogen-bond donors (Lipinski definition) is 2. The van der Waals surface area contributed by atoms with Gasteiger partial charge in [-0.05, 0) is 30.9 Å². The fraction of sp³-hybridized carbons (Fsp3) is 0.350. The number of halogens is 1. The van der Waals surface area contributed by atoms with Gasteiger partial charge < -0.3 is 15.3 Å². The topological polar surface area (TPSA) is 52.6 Å². The van der Waals surface area contributed by atoms with E-state index in [1.807, 2.05) is 30.3 Å². The summed E-state index contributed by atoms with van der Waals surface area (Å²) >= 11 is 0. The van der Waals surface area contributed by atoms with Crippen LogP contribution in [0, 0.1) is 5.82 Å². The number of hydrogen-bond acceptors (Lipinski definition) is 2. The van der Waals surface area contributed by atoms with Gasteiger partial charge in [-0.1, -0.05) is 48.5 Å². The number of likely N-dealkylation sites (tertiary alicyclic amines) is 1. The zero-order chi connectivity index (χ0) is 17.6. The maximum absolute atomic E-state index is 13.7. The Balaban J connectivity index is 1.57. The average molecular weight is 342 g/mol. The molecule has 1 aliphatic rings. The van der Waals surface area contributed by atoms with Gasteiger partial charge in [0, 0.05) is 24.7 Å². The molecule has 1 heterocycles. The number of rotatable bonds is 5. The molecule has 0 spiro atoms. The largest absolute Gasteiger partial charge is 0.388 e. The molecule has 2 amide bonds. The van der Waals surface area contributed by atoms with Crippen molar-refractivity contribution >= 4 is 6.03 Å². The van der Waals surface area contributed by atoms with E-state index in [0.29, 0.717) is 18.5 Å². The number of urea groups is 1. The van der Waals surface area contributed by atoms with E-state index in [2.05, 4.69) is 5.32 Å². The Bertz CT molecular complexity index is 708. The van der Waals surface area contributed by atoms with Gasteiger partial charge in [0.25, 0.3) is 0 Å². The summed E-state index contributed by atoms with van der Waals surface area (Å²) in [6, 6.07) is 15.7. The third-order valence-corrected chi connectivity index (χ3v) is 4.71. The molecule has 0 aromatic heterocycles. The molecule has 0 bridgehead atoms. The van der Waals surface area contributed by atoms with Gasteiger partial charge in [0.2, 0.25) is 0 Å². The van der Waals surface area contributed by atoms with E-state index in [4.69, 9.17) is 0 Å². The number of aliphatic hydroxyl groups excluding tert-OH is 1. The lowest BCUT2D eigenvalue weighted by Crippen LogP contribution is -2.43. The van der Waals surface area contributed by atoms with Crippen LogP contribution in [0.3, 0.4) is 0 Å². The number of carbonyl (C=O) groups excluding carboxylic acids is 1. The SMILES string of the molecule is O=C(NCc1ccccc1F)N1CCCC1CC(O)c1ccccc1. The second-order valence-electron chi connectivity index (χ2n) is 6.40. The molecule has 2 atom stereocenters. The molecule has 5 heteroatoms. The van der Waals surface area contributed by atoms with Gasteiger partial charge in [-0.15, -0.1) is 0 Å². The predicted octanol–water partition coefficient (Wildman–Crippen LogP) is 3.62. The van der Waals surface area contributed by atoms with Crippen LogP contribution < -0.4 is 5.32 Å². The number of benzene rings is 2. The van der Waals surface area contributed by atoms with Crippen molar-refractivity contribution in [3.8, 4) is 0 Å². The fourth-order valence-corrected chi connectivity index (χ4v) is 3.33. The van der Waals surface area contributed by atoms with Crippen LogP contribution in [-0.2, 0) is 6.54 Å². The molecule has 1 fully saturated rings. The Morgan fingerprint density at radius 1 is 1.20 bits per heavy atom. The van der Waals surface area contributed by atoms with E-state index in [9.17, 15) is 14.3 Å². The quantitative estimate of drug-likeness (QED) is 0.872. The molecule has 0 saturated carbocycles. The Kier molecular flexibility index (Phi) is 5.66. The zero-order valence-electron chi connectivity index (χ0n) is 14.1. The first-order chi connectivity index (χ1) is 12.1. The van der Waals surface area contributed by atoms with Crippen LogP contribution in [0.1, 0.15) is 36.5 Å². The van der Waals surface area contributed by atoms with E-state index in [-0.39, 0.29) is 24.4 Å². The van der Waals surface area contributed by atoms with Gasteiger partial charge in [0.05, 0.1) is 6.10 Å². The first-order valence-electron chi connectivity index (χ1n) is 8.66. The molecular formula is C20H23FN2O2. The van der Waals surface area contributed by atoms with Crippen molar-refractivity contribution in [1.29, 1.82) is 0 Å². The fourth-order valence-electron chi connectivity index (χ4n) is 3.33. The van der Waals surface area contributed by atoms with Gasteiger partial charge >= 0.3 is 6.03 Å². The Hall–Kier alpha value is -2.40. The highest BCUT2D eigenvalue weighted by atomic mass is 19.1. The minimum atomic E-state index is -0.592. The molecule has 132 valence electrons. The van der Waals surface area contributed by atoms with Crippen LogP contribution in [0.15, 0.2) is 54.6 Å². The van der Waals surface area contributed by atoms with E-state index < -0.39 is 6.10 Å². The molecule has 2 aromatic rings. The molecule has 0 aliphatic carbocycles. The number of amides is 2.